The first-order valence-corrected chi connectivity index (χ1v) is 8.09. The van der Waals surface area contributed by atoms with Crippen molar-refractivity contribution in [1.82, 2.24) is 9.97 Å². The Hall–Kier alpha value is -3.61. The molecule has 3 rings (SSSR count). The molecule has 0 fully saturated rings. The summed E-state index contributed by atoms with van der Waals surface area (Å²) in [7, 11) is 0. The lowest BCUT2D eigenvalue weighted by Gasteiger charge is -2.09. The first kappa shape index (κ1) is 17.2. The Morgan fingerprint density at radius 3 is 2.19 bits per heavy atom. The average molecular weight is 350 g/mol. The number of anilines is 2. The van der Waals surface area contributed by atoms with Crippen molar-refractivity contribution in [2.45, 2.75) is 6.92 Å². The Bertz CT molecular complexity index is 837. The predicted molar refractivity (Wildman–Crippen MR) is 98.8 cm³/mol. The summed E-state index contributed by atoms with van der Waals surface area (Å²) in [4.78, 5) is 20.2. The second kappa shape index (κ2) is 8.48. The largest absolute Gasteiger partial charge is 0.494 e. The van der Waals surface area contributed by atoms with Gasteiger partial charge in [0.25, 0.3) is 0 Å². The number of benzene rings is 2. The van der Waals surface area contributed by atoms with Gasteiger partial charge in [-0.05, 0) is 43.3 Å². The van der Waals surface area contributed by atoms with Crippen LogP contribution in [0.5, 0.6) is 17.5 Å². The fourth-order valence-corrected chi connectivity index (χ4v) is 2.12. The average Bonchev–Trinajstić information content (AvgIpc) is 2.66. The molecule has 0 saturated carbocycles. The van der Waals surface area contributed by atoms with E-state index < -0.39 is 6.03 Å². The van der Waals surface area contributed by atoms with Gasteiger partial charge < -0.3 is 20.1 Å². The quantitative estimate of drug-likeness (QED) is 0.692. The molecule has 132 valence electrons. The van der Waals surface area contributed by atoms with Crippen molar-refractivity contribution in [1.29, 1.82) is 0 Å². The molecular weight excluding hydrogens is 332 g/mol. The molecule has 0 spiro atoms. The Morgan fingerprint density at radius 1 is 0.885 bits per heavy atom. The third-order valence-corrected chi connectivity index (χ3v) is 3.26. The van der Waals surface area contributed by atoms with Gasteiger partial charge in [-0.2, -0.15) is 0 Å². The molecule has 0 aliphatic heterocycles. The van der Waals surface area contributed by atoms with Crippen molar-refractivity contribution in [2.75, 3.05) is 17.2 Å². The molecule has 0 radical (unpaired) electrons. The second-order valence-corrected chi connectivity index (χ2v) is 5.21. The van der Waals surface area contributed by atoms with Crippen LogP contribution in [0.25, 0.3) is 0 Å². The monoisotopic (exact) mass is 350 g/mol. The lowest BCUT2D eigenvalue weighted by Crippen LogP contribution is -2.19. The number of ether oxygens (including phenoxy) is 2. The van der Waals surface area contributed by atoms with E-state index in [0.717, 1.165) is 5.75 Å². The third kappa shape index (κ3) is 4.94. The highest BCUT2D eigenvalue weighted by Crippen LogP contribution is 2.18. The van der Waals surface area contributed by atoms with Crippen molar-refractivity contribution in [3.63, 3.8) is 0 Å². The highest BCUT2D eigenvalue weighted by Gasteiger charge is 2.05. The zero-order valence-electron chi connectivity index (χ0n) is 14.2. The van der Waals surface area contributed by atoms with Gasteiger partial charge in [0.15, 0.2) is 0 Å². The summed E-state index contributed by atoms with van der Waals surface area (Å²) >= 11 is 0. The molecule has 0 bridgehead atoms. The van der Waals surface area contributed by atoms with E-state index in [2.05, 4.69) is 20.6 Å². The normalized spacial score (nSPS) is 10.0. The number of hydrogen-bond acceptors (Lipinski definition) is 5. The zero-order chi connectivity index (χ0) is 18.2. The number of nitrogens with one attached hydrogen (secondary N) is 2. The van der Waals surface area contributed by atoms with E-state index >= 15 is 0 Å². The van der Waals surface area contributed by atoms with Crippen LogP contribution in [-0.2, 0) is 0 Å². The highest BCUT2D eigenvalue weighted by molar-refractivity contribution is 5.99. The Labute approximate surface area is 151 Å². The summed E-state index contributed by atoms with van der Waals surface area (Å²) < 4.78 is 10.9. The molecule has 3 aromatic rings. The van der Waals surface area contributed by atoms with E-state index in [9.17, 15) is 4.79 Å². The molecule has 1 heterocycles. The SMILES string of the molecule is CCOc1ccc(NC(=O)Nc2cnc(Oc3ccccc3)nc2)cc1. The molecule has 1 aromatic heterocycles. The van der Waals surface area contributed by atoms with Crippen molar-refractivity contribution in [3.05, 3.63) is 67.0 Å². The molecule has 7 heteroatoms. The summed E-state index contributed by atoms with van der Waals surface area (Å²) in [5.41, 5.74) is 1.10. The number of aromatic nitrogens is 2. The Balaban J connectivity index is 1.54. The van der Waals surface area contributed by atoms with Crippen LogP contribution in [0.4, 0.5) is 16.2 Å². The minimum atomic E-state index is -0.394. The predicted octanol–water partition coefficient (Wildman–Crippen LogP) is 4.31. The van der Waals surface area contributed by atoms with Crippen LogP contribution in [0.3, 0.4) is 0 Å². The van der Waals surface area contributed by atoms with Crippen LogP contribution in [0.1, 0.15) is 6.92 Å². The van der Waals surface area contributed by atoms with Crippen LogP contribution in [-0.4, -0.2) is 22.6 Å². The summed E-state index contributed by atoms with van der Waals surface area (Å²) in [5, 5.41) is 5.38. The minimum Gasteiger partial charge on any atom is -0.494 e. The number of nitrogens with zero attached hydrogens (tertiary/aromatic N) is 2. The summed E-state index contributed by atoms with van der Waals surface area (Å²) in [6, 6.07) is 16.1. The Morgan fingerprint density at radius 2 is 1.54 bits per heavy atom. The number of rotatable bonds is 6. The smallest absolute Gasteiger partial charge is 0.323 e. The van der Waals surface area contributed by atoms with Gasteiger partial charge in [0, 0.05) is 5.69 Å². The van der Waals surface area contributed by atoms with Crippen LogP contribution < -0.4 is 20.1 Å². The maximum Gasteiger partial charge on any atom is 0.323 e. The van der Waals surface area contributed by atoms with Gasteiger partial charge >= 0.3 is 12.0 Å². The molecular formula is C19H18N4O3. The fourth-order valence-electron chi connectivity index (χ4n) is 2.12. The van der Waals surface area contributed by atoms with Crippen LogP contribution in [0, 0.1) is 0 Å². The maximum atomic E-state index is 12.0. The van der Waals surface area contributed by atoms with Gasteiger partial charge in [-0.3, -0.25) is 0 Å². The van der Waals surface area contributed by atoms with Crippen molar-refractivity contribution in [3.8, 4) is 17.5 Å². The topological polar surface area (TPSA) is 85.4 Å². The molecule has 0 aliphatic carbocycles. The minimum absolute atomic E-state index is 0.202. The number of carbonyl (C=O) groups excluding carboxylic acids is 1. The first-order chi connectivity index (χ1) is 12.7. The Kier molecular flexibility index (Phi) is 5.61. The zero-order valence-corrected chi connectivity index (χ0v) is 14.2. The molecule has 7 nitrogen and oxygen atoms in total. The van der Waals surface area contributed by atoms with Gasteiger partial charge in [-0.25, -0.2) is 14.8 Å². The van der Waals surface area contributed by atoms with Crippen molar-refractivity contribution < 1.29 is 14.3 Å². The van der Waals surface area contributed by atoms with E-state index in [1.807, 2.05) is 25.1 Å². The number of urea groups is 1. The lowest BCUT2D eigenvalue weighted by molar-refractivity contribution is 0.262. The highest BCUT2D eigenvalue weighted by atomic mass is 16.5. The summed E-state index contributed by atoms with van der Waals surface area (Å²) in [5.74, 6) is 1.39. The van der Waals surface area contributed by atoms with Gasteiger partial charge in [-0.1, -0.05) is 18.2 Å². The van der Waals surface area contributed by atoms with Crippen LogP contribution >= 0.6 is 0 Å². The number of hydrogen-bond donors (Lipinski definition) is 2. The molecule has 2 aromatic carbocycles. The summed E-state index contributed by atoms with van der Waals surface area (Å²) in [6.45, 7) is 2.51. The van der Waals surface area contributed by atoms with Crippen LogP contribution in [0.2, 0.25) is 0 Å². The van der Waals surface area contributed by atoms with Crippen LogP contribution in [0.15, 0.2) is 67.0 Å². The van der Waals surface area contributed by atoms with E-state index in [1.54, 1.807) is 36.4 Å². The lowest BCUT2D eigenvalue weighted by atomic mass is 10.3. The number of carbonyl (C=O) groups is 1. The van der Waals surface area contributed by atoms with E-state index in [1.165, 1.54) is 12.4 Å². The molecule has 0 unspecified atom stereocenters. The van der Waals surface area contributed by atoms with Gasteiger partial charge in [-0.15, -0.1) is 0 Å². The molecule has 0 atom stereocenters. The van der Waals surface area contributed by atoms with Crippen molar-refractivity contribution in [2.24, 2.45) is 0 Å². The number of para-hydroxylation sites is 1. The molecule has 2 N–H and O–H groups in total. The summed E-state index contributed by atoms with van der Waals surface area (Å²) in [6.07, 6.45) is 2.95. The van der Waals surface area contributed by atoms with E-state index in [-0.39, 0.29) is 6.01 Å². The maximum absolute atomic E-state index is 12.0. The van der Waals surface area contributed by atoms with Crippen molar-refractivity contribution >= 4 is 17.4 Å². The van der Waals surface area contributed by atoms with E-state index in [4.69, 9.17) is 9.47 Å². The van der Waals surface area contributed by atoms with E-state index in [0.29, 0.717) is 23.7 Å². The fraction of sp³-hybridized carbons (Fsp3) is 0.105. The molecule has 0 aliphatic rings. The van der Waals surface area contributed by atoms with Gasteiger partial charge in [0.2, 0.25) is 0 Å². The van der Waals surface area contributed by atoms with Gasteiger partial charge in [0.05, 0.1) is 24.7 Å². The standard InChI is InChI=1S/C19H18N4O3/c1-2-25-16-10-8-14(9-11-16)22-18(24)23-15-12-20-19(21-13-15)26-17-6-4-3-5-7-17/h3-13H,2H2,1H3,(H2,22,23,24). The number of amides is 2. The molecule has 26 heavy (non-hydrogen) atoms. The van der Waals surface area contributed by atoms with Gasteiger partial charge in [0.1, 0.15) is 11.5 Å². The first-order valence-electron chi connectivity index (χ1n) is 8.09. The second-order valence-electron chi connectivity index (χ2n) is 5.21. The molecule has 2 amide bonds. The molecule has 0 saturated heterocycles. The third-order valence-electron chi connectivity index (χ3n) is 3.26.